The van der Waals surface area contributed by atoms with Crippen LogP contribution in [0.5, 0.6) is 0 Å². The molecule has 0 bridgehead atoms. The molecule has 0 fully saturated rings. The fourth-order valence-electron chi connectivity index (χ4n) is 3.50. The number of anilines is 2. The Hall–Kier alpha value is -3.93. The number of para-hydroxylation sites is 1. The van der Waals surface area contributed by atoms with E-state index in [0.29, 0.717) is 22.5 Å². The number of carbonyl (C=O) groups is 3. The first kappa shape index (κ1) is 20.3. The fourth-order valence-corrected chi connectivity index (χ4v) is 3.50. The predicted octanol–water partition coefficient (Wildman–Crippen LogP) is 4.22. The average Bonchev–Trinajstić information content (AvgIpc) is 2.80. The first-order chi connectivity index (χ1) is 15.0. The highest BCUT2D eigenvalue weighted by Gasteiger charge is 2.31. The monoisotopic (exact) mass is 414 g/mol. The summed E-state index contributed by atoms with van der Waals surface area (Å²) in [5.41, 5.74) is 3.75. The van der Waals surface area contributed by atoms with Gasteiger partial charge in [-0.15, -0.1) is 0 Å². The number of amides is 2. The summed E-state index contributed by atoms with van der Waals surface area (Å²) in [6.45, 7) is 2.06. The van der Waals surface area contributed by atoms with Crippen LogP contribution in [0.2, 0.25) is 0 Å². The highest BCUT2D eigenvalue weighted by atomic mass is 16.5. The Balaban J connectivity index is 1.49. The van der Waals surface area contributed by atoms with E-state index in [-0.39, 0.29) is 12.3 Å². The lowest BCUT2D eigenvalue weighted by Gasteiger charge is -2.24. The molecule has 2 amide bonds. The van der Waals surface area contributed by atoms with E-state index in [1.54, 1.807) is 42.5 Å². The molecule has 0 unspecified atom stereocenters. The molecule has 0 aliphatic carbocycles. The van der Waals surface area contributed by atoms with Gasteiger partial charge in [0.2, 0.25) is 0 Å². The number of cyclic esters (lactones) is 1. The van der Waals surface area contributed by atoms with Crippen LogP contribution in [0.1, 0.15) is 38.8 Å². The molecule has 2 N–H and O–H groups in total. The Morgan fingerprint density at radius 3 is 2.42 bits per heavy atom. The minimum atomic E-state index is -0.958. The van der Waals surface area contributed by atoms with E-state index in [1.807, 2.05) is 30.3 Å². The third-order valence-corrected chi connectivity index (χ3v) is 5.23. The molecule has 0 spiro atoms. The fraction of sp³-hybridized carbons (Fsp3) is 0.160. The van der Waals surface area contributed by atoms with Crippen LogP contribution in [-0.2, 0) is 22.4 Å². The van der Waals surface area contributed by atoms with Gasteiger partial charge in [0.25, 0.3) is 11.8 Å². The molecule has 1 atom stereocenters. The maximum Gasteiger partial charge on any atom is 0.339 e. The van der Waals surface area contributed by atoms with Crippen LogP contribution < -0.4 is 10.6 Å². The zero-order valence-corrected chi connectivity index (χ0v) is 17.1. The Morgan fingerprint density at radius 1 is 0.935 bits per heavy atom. The van der Waals surface area contributed by atoms with Crippen LogP contribution in [0.15, 0.2) is 72.8 Å². The summed E-state index contributed by atoms with van der Waals surface area (Å²) in [5, 5.41) is 5.59. The van der Waals surface area contributed by atoms with Gasteiger partial charge in [-0.3, -0.25) is 9.59 Å². The number of esters is 1. The summed E-state index contributed by atoms with van der Waals surface area (Å²) in [5.74, 6) is -1.34. The second kappa shape index (κ2) is 8.83. The molecule has 1 aliphatic rings. The Morgan fingerprint density at radius 2 is 1.65 bits per heavy atom. The minimum absolute atomic E-state index is 0.284. The van der Waals surface area contributed by atoms with E-state index in [0.717, 1.165) is 12.0 Å². The molecule has 4 rings (SSSR count). The van der Waals surface area contributed by atoms with E-state index in [4.69, 9.17) is 4.74 Å². The number of nitrogens with one attached hydrogen (secondary N) is 2. The number of rotatable bonds is 5. The number of aryl methyl sites for hydroxylation is 1. The van der Waals surface area contributed by atoms with Crippen molar-refractivity contribution in [1.29, 1.82) is 0 Å². The molecule has 3 aromatic rings. The SMILES string of the molecule is CCc1ccc(NC(=O)c2ccccc2NC(=O)[C@@H]2Cc3ccccc3C(=O)O2)cc1. The summed E-state index contributed by atoms with van der Waals surface area (Å²) >= 11 is 0. The van der Waals surface area contributed by atoms with Gasteiger partial charge < -0.3 is 15.4 Å². The van der Waals surface area contributed by atoms with Crippen molar-refractivity contribution in [2.45, 2.75) is 25.9 Å². The lowest BCUT2D eigenvalue weighted by molar-refractivity contribution is -0.125. The van der Waals surface area contributed by atoms with Gasteiger partial charge in [0.05, 0.1) is 16.8 Å². The third-order valence-electron chi connectivity index (χ3n) is 5.23. The summed E-state index contributed by atoms with van der Waals surface area (Å²) in [4.78, 5) is 37.8. The van der Waals surface area contributed by atoms with Crippen LogP contribution in [-0.4, -0.2) is 23.9 Å². The normalized spacial score (nSPS) is 14.9. The highest BCUT2D eigenvalue weighted by molar-refractivity contribution is 6.10. The Bertz CT molecular complexity index is 1140. The van der Waals surface area contributed by atoms with Gasteiger partial charge in [0.1, 0.15) is 0 Å². The topological polar surface area (TPSA) is 84.5 Å². The van der Waals surface area contributed by atoms with Crippen LogP contribution in [0.3, 0.4) is 0 Å². The maximum atomic E-state index is 12.8. The molecule has 0 saturated carbocycles. The van der Waals surface area contributed by atoms with Crippen molar-refractivity contribution in [1.82, 2.24) is 0 Å². The van der Waals surface area contributed by atoms with E-state index < -0.39 is 18.0 Å². The molecule has 6 nitrogen and oxygen atoms in total. The smallest absolute Gasteiger partial charge is 0.339 e. The van der Waals surface area contributed by atoms with Gasteiger partial charge >= 0.3 is 5.97 Å². The third kappa shape index (κ3) is 4.48. The first-order valence-corrected chi connectivity index (χ1v) is 10.1. The summed E-state index contributed by atoms with van der Waals surface area (Å²) in [6, 6.07) is 21.4. The van der Waals surface area contributed by atoms with Crippen LogP contribution >= 0.6 is 0 Å². The standard InChI is InChI=1S/C25H22N2O4/c1-2-16-11-13-18(14-12-16)26-23(28)20-9-5-6-10-21(20)27-24(29)22-15-17-7-3-4-8-19(17)25(30)31-22/h3-14,22H,2,15H2,1H3,(H,26,28)(H,27,29)/t22-/m0/s1. The minimum Gasteiger partial charge on any atom is -0.448 e. The van der Waals surface area contributed by atoms with E-state index in [2.05, 4.69) is 17.6 Å². The van der Waals surface area contributed by atoms with Gasteiger partial charge in [-0.2, -0.15) is 0 Å². The van der Waals surface area contributed by atoms with Crippen molar-refractivity contribution in [2.24, 2.45) is 0 Å². The predicted molar refractivity (Wildman–Crippen MR) is 118 cm³/mol. The van der Waals surface area contributed by atoms with Crippen molar-refractivity contribution >= 4 is 29.2 Å². The number of ether oxygens (including phenoxy) is 1. The van der Waals surface area contributed by atoms with Gasteiger partial charge in [0, 0.05) is 12.1 Å². The lowest BCUT2D eigenvalue weighted by atomic mass is 9.98. The number of hydrogen-bond acceptors (Lipinski definition) is 4. The van der Waals surface area contributed by atoms with Crippen molar-refractivity contribution in [3.05, 3.63) is 95.1 Å². The largest absolute Gasteiger partial charge is 0.448 e. The highest BCUT2D eigenvalue weighted by Crippen LogP contribution is 2.23. The lowest BCUT2D eigenvalue weighted by Crippen LogP contribution is -2.38. The van der Waals surface area contributed by atoms with E-state index in [9.17, 15) is 14.4 Å². The number of fused-ring (bicyclic) bond motifs is 1. The Kier molecular flexibility index (Phi) is 5.80. The van der Waals surface area contributed by atoms with E-state index >= 15 is 0 Å². The molecule has 3 aromatic carbocycles. The zero-order chi connectivity index (χ0) is 21.8. The van der Waals surface area contributed by atoms with Crippen LogP contribution in [0.4, 0.5) is 11.4 Å². The molecular weight excluding hydrogens is 392 g/mol. The second-order valence-corrected chi connectivity index (χ2v) is 7.29. The van der Waals surface area contributed by atoms with Crippen molar-refractivity contribution in [3.8, 4) is 0 Å². The van der Waals surface area contributed by atoms with Crippen molar-refractivity contribution in [3.63, 3.8) is 0 Å². The quantitative estimate of drug-likeness (QED) is 0.612. The zero-order valence-electron chi connectivity index (χ0n) is 17.1. The first-order valence-electron chi connectivity index (χ1n) is 10.1. The maximum absolute atomic E-state index is 12.8. The van der Waals surface area contributed by atoms with Crippen LogP contribution in [0, 0.1) is 0 Å². The van der Waals surface area contributed by atoms with Crippen molar-refractivity contribution in [2.75, 3.05) is 10.6 Å². The molecule has 31 heavy (non-hydrogen) atoms. The van der Waals surface area contributed by atoms with Crippen molar-refractivity contribution < 1.29 is 19.1 Å². The van der Waals surface area contributed by atoms with Gasteiger partial charge in [-0.05, 0) is 47.9 Å². The second-order valence-electron chi connectivity index (χ2n) is 7.29. The molecule has 156 valence electrons. The molecular formula is C25H22N2O4. The molecule has 1 aliphatic heterocycles. The number of benzene rings is 3. The summed E-state index contributed by atoms with van der Waals surface area (Å²) in [6.07, 6.45) is 0.241. The summed E-state index contributed by atoms with van der Waals surface area (Å²) in [7, 11) is 0. The van der Waals surface area contributed by atoms with Gasteiger partial charge in [-0.1, -0.05) is 49.4 Å². The molecule has 0 radical (unpaired) electrons. The molecule has 0 aromatic heterocycles. The van der Waals surface area contributed by atoms with Crippen LogP contribution in [0.25, 0.3) is 0 Å². The number of carbonyl (C=O) groups excluding carboxylic acids is 3. The average molecular weight is 414 g/mol. The molecule has 6 heteroatoms. The molecule has 0 saturated heterocycles. The molecule has 1 heterocycles. The van der Waals surface area contributed by atoms with E-state index in [1.165, 1.54) is 5.56 Å². The Labute approximate surface area is 180 Å². The van der Waals surface area contributed by atoms with Gasteiger partial charge in [-0.25, -0.2) is 4.79 Å². The summed E-state index contributed by atoms with van der Waals surface area (Å²) < 4.78 is 5.31. The number of hydrogen-bond donors (Lipinski definition) is 2. The van der Waals surface area contributed by atoms with Gasteiger partial charge in [0.15, 0.2) is 6.10 Å².